The number of anilines is 2. The lowest BCUT2D eigenvalue weighted by molar-refractivity contribution is 0.0211. The molecule has 8 nitrogen and oxygen atoms in total. The zero-order chi connectivity index (χ0) is 19.6. The molecule has 1 unspecified atom stereocenters. The highest BCUT2D eigenvalue weighted by Gasteiger charge is 2.47. The van der Waals surface area contributed by atoms with Crippen LogP contribution in [0.15, 0.2) is 24.3 Å². The molecule has 1 N–H and O–H groups in total. The van der Waals surface area contributed by atoms with E-state index in [4.69, 9.17) is 21.7 Å². The van der Waals surface area contributed by atoms with Crippen LogP contribution in [0, 0.1) is 0 Å². The van der Waals surface area contributed by atoms with Crippen molar-refractivity contribution in [3.8, 4) is 0 Å². The molecular weight excluding hydrogens is 368 g/mol. The van der Waals surface area contributed by atoms with Gasteiger partial charge in [-0.05, 0) is 37.4 Å². The van der Waals surface area contributed by atoms with Gasteiger partial charge in [-0.1, -0.05) is 26.1 Å². The summed E-state index contributed by atoms with van der Waals surface area (Å²) < 4.78 is 10.6. The molecule has 2 atom stereocenters. The molecule has 2 heterocycles. The second-order valence-corrected chi connectivity index (χ2v) is 6.65. The van der Waals surface area contributed by atoms with Crippen molar-refractivity contribution in [2.45, 2.75) is 26.1 Å². The number of benzene rings is 1. The normalized spacial score (nSPS) is 22.2. The maximum Gasteiger partial charge on any atom is 0.416 e. The lowest BCUT2D eigenvalue weighted by Crippen LogP contribution is -2.52. The predicted molar refractivity (Wildman–Crippen MR) is 106 cm³/mol. The van der Waals surface area contributed by atoms with E-state index in [9.17, 15) is 9.59 Å². The molecule has 2 fully saturated rings. The topological polar surface area (TPSA) is 74.3 Å². The molecular formula is C18H24N4O4S. The first kappa shape index (κ1) is 19.4. The Labute approximate surface area is 164 Å². The monoisotopic (exact) mass is 392 g/mol. The van der Waals surface area contributed by atoms with Crippen LogP contribution in [0.3, 0.4) is 0 Å². The summed E-state index contributed by atoms with van der Waals surface area (Å²) in [5.74, 6) is 0. The van der Waals surface area contributed by atoms with E-state index in [-0.39, 0.29) is 6.09 Å². The largest absolute Gasteiger partial charge is 0.447 e. The quantitative estimate of drug-likeness (QED) is 0.744. The van der Waals surface area contributed by atoms with Crippen molar-refractivity contribution in [3.05, 3.63) is 24.3 Å². The molecule has 1 aromatic rings. The van der Waals surface area contributed by atoms with Crippen molar-refractivity contribution in [3.63, 3.8) is 0 Å². The molecule has 0 aromatic heterocycles. The number of nitrogens with zero attached hydrogens (tertiary/aromatic N) is 3. The highest BCUT2D eigenvalue weighted by atomic mass is 32.1. The zero-order valence-corrected chi connectivity index (χ0v) is 16.5. The fourth-order valence-corrected chi connectivity index (χ4v) is 3.63. The maximum absolute atomic E-state index is 12.7. The molecule has 27 heavy (non-hydrogen) atoms. The van der Waals surface area contributed by atoms with E-state index in [1.807, 2.05) is 13.8 Å². The minimum atomic E-state index is -0.458. The minimum absolute atomic E-state index is 0.362. The summed E-state index contributed by atoms with van der Waals surface area (Å²) in [6, 6.07) is 6.73. The molecule has 9 heteroatoms. The van der Waals surface area contributed by atoms with Crippen LogP contribution in [-0.4, -0.2) is 67.6 Å². The van der Waals surface area contributed by atoms with Crippen LogP contribution in [0.25, 0.3) is 0 Å². The molecule has 2 aliphatic rings. The van der Waals surface area contributed by atoms with Crippen molar-refractivity contribution in [2.75, 3.05) is 43.1 Å². The van der Waals surface area contributed by atoms with Gasteiger partial charge in [-0.15, -0.1) is 0 Å². The molecule has 1 aromatic carbocycles. The number of cyclic esters (lactones) is 2. The van der Waals surface area contributed by atoms with Gasteiger partial charge in [-0.2, -0.15) is 0 Å². The summed E-state index contributed by atoms with van der Waals surface area (Å²) in [5, 5.41) is 2.98. The molecule has 2 aliphatic heterocycles. The lowest BCUT2D eigenvalue weighted by atomic mass is 10.1. The summed E-state index contributed by atoms with van der Waals surface area (Å²) in [4.78, 5) is 30.1. The van der Waals surface area contributed by atoms with Gasteiger partial charge in [0.25, 0.3) is 0 Å². The minimum Gasteiger partial charge on any atom is -0.447 e. The van der Waals surface area contributed by atoms with E-state index in [0.29, 0.717) is 23.8 Å². The number of carbonyl (C=O) groups excluding carboxylic acids is 2. The summed E-state index contributed by atoms with van der Waals surface area (Å²) in [6.07, 6.45) is -1.26. The number of amides is 2. The molecule has 0 radical (unpaired) electrons. The number of carbonyl (C=O) groups is 2. The number of thiocarbonyl (C=S) groups is 1. The van der Waals surface area contributed by atoms with Gasteiger partial charge in [-0.3, -0.25) is 14.7 Å². The Hall–Kier alpha value is -2.39. The van der Waals surface area contributed by atoms with Crippen molar-refractivity contribution in [1.82, 2.24) is 10.2 Å². The molecule has 2 amide bonds. The van der Waals surface area contributed by atoms with E-state index in [1.54, 1.807) is 41.1 Å². The Morgan fingerprint density at radius 3 is 2.33 bits per heavy atom. The van der Waals surface area contributed by atoms with Crippen LogP contribution in [0.5, 0.6) is 0 Å². The summed E-state index contributed by atoms with van der Waals surface area (Å²) in [6.45, 7) is 6.40. The van der Waals surface area contributed by atoms with Crippen molar-refractivity contribution < 1.29 is 19.1 Å². The smallest absolute Gasteiger partial charge is 0.416 e. The van der Waals surface area contributed by atoms with Crippen molar-refractivity contribution in [1.29, 1.82) is 0 Å². The predicted octanol–water partition coefficient (Wildman–Crippen LogP) is 2.18. The maximum atomic E-state index is 12.7. The molecule has 146 valence electrons. The Morgan fingerprint density at radius 2 is 1.81 bits per heavy atom. The number of likely N-dealkylation sites (N-methyl/N-ethyl adjacent to an activating group) is 2. The van der Waals surface area contributed by atoms with Gasteiger partial charge >= 0.3 is 12.2 Å². The first-order chi connectivity index (χ1) is 13.0. The highest BCUT2D eigenvalue weighted by Crippen LogP contribution is 2.31. The fourth-order valence-electron chi connectivity index (χ4n) is 3.41. The molecule has 0 spiro atoms. The summed E-state index contributed by atoms with van der Waals surface area (Å²) in [7, 11) is 1.74. The van der Waals surface area contributed by atoms with Crippen molar-refractivity contribution >= 4 is 40.8 Å². The van der Waals surface area contributed by atoms with Gasteiger partial charge in [-0.25, -0.2) is 9.59 Å². The Morgan fingerprint density at radius 1 is 1.19 bits per heavy atom. The zero-order valence-electron chi connectivity index (χ0n) is 15.7. The second kappa shape index (κ2) is 8.10. The van der Waals surface area contributed by atoms with Crippen LogP contribution < -0.4 is 15.1 Å². The lowest BCUT2D eigenvalue weighted by Gasteiger charge is -2.31. The van der Waals surface area contributed by atoms with Crippen LogP contribution in [0.2, 0.25) is 0 Å². The average molecular weight is 392 g/mol. The number of hydrogen-bond acceptors (Lipinski definition) is 6. The van der Waals surface area contributed by atoms with E-state index in [1.165, 1.54) is 0 Å². The number of ether oxygens (including phenoxy) is 2. The van der Waals surface area contributed by atoms with Gasteiger partial charge in [0.1, 0.15) is 17.6 Å². The molecule has 0 bridgehead atoms. The fraction of sp³-hybridized carbons (Fsp3) is 0.500. The third-order valence-electron chi connectivity index (χ3n) is 4.85. The summed E-state index contributed by atoms with van der Waals surface area (Å²) >= 11 is 5.48. The van der Waals surface area contributed by atoms with Gasteiger partial charge in [0.15, 0.2) is 6.23 Å². The van der Waals surface area contributed by atoms with Crippen LogP contribution in [0.1, 0.15) is 13.8 Å². The Kier molecular flexibility index (Phi) is 5.81. The SMILES string of the molecule is CCN(CC)[C@H]1OC(=O)N(c2ccc(N3CCOC3=O)cc2)C1C(=S)NC. The Bertz CT molecular complexity index is 723. The standard InChI is InChI=1S/C18H24N4O4S/c1-4-20(5-2)16-14(15(27)19-3)22(18(24)26-16)13-8-6-12(7-9-13)21-10-11-25-17(21)23/h6-9,14,16H,4-5,10-11H2,1-3H3,(H,19,27)/t14?,16-/m0/s1. The Balaban J connectivity index is 1.89. The van der Waals surface area contributed by atoms with Crippen molar-refractivity contribution in [2.24, 2.45) is 0 Å². The molecule has 0 aliphatic carbocycles. The van der Waals surface area contributed by atoms with Gasteiger partial charge in [0.2, 0.25) is 0 Å². The molecule has 2 saturated heterocycles. The van der Waals surface area contributed by atoms with E-state index < -0.39 is 18.4 Å². The van der Waals surface area contributed by atoms with Gasteiger partial charge < -0.3 is 14.8 Å². The van der Waals surface area contributed by atoms with Gasteiger partial charge in [0, 0.05) is 18.4 Å². The summed E-state index contributed by atoms with van der Waals surface area (Å²) in [5.41, 5.74) is 1.38. The van der Waals surface area contributed by atoms with Crippen LogP contribution >= 0.6 is 12.2 Å². The van der Waals surface area contributed by atoms with E-state index in [0.717, 1.165) is 18.8 Å². The van der Waals surface area contributed by atoms with Crippen LogP contribution in [-0.2, 0) is 9.47 Å². The third kappa shape index (κ3) is 3.57. The third-order valence-corrected chi connectivity index (χ3v) is 5.30. The average Bonchev–Trinajstić information content (AvgIpc) is 3.25. The number of nitrogens with one attached hydrogen (secondary N) is 1. The van der Waals surface area contributed by atoms with E-state index in [2.05, 4.69) is 10.2 Å². The van der Waals surface area contributed by atoms with E-state index >= 15 is 0 Å². The second-order valence-electron chi connectivity index (χ2n) is 6.21. The first-order valence-corrected chi connectivity index (χ1v) is 9.42. The molecule has 0 saturated carbocycles. The number of rotatable bonds is 6. The highest BCUT2D eigenvalue weighted by molar-refractivity contribution is 7.80. The van der Waals surface area contributed by atoms with Gasteiger partial charge in [0.05, 0.1) is 6.54 Å². The molecule has 3 rings (SSSR count). The van der Waals surface area contributed by atoms with Crippen LogP contribution in [0.4, 0.5) is 21.0 Å². The number of hydrogen-bond donors (Lipinski definition) is 1. The first-order valence-electron chi connectivity index (χ1n) is 9.01.